The third-order valence-electron chi connectivity index (χ3n) is 5.23. The van der Waals surface area contributed by atoms with Crippen LogP contribution in [0.1, 0.15) is 60.2 Å². The molecule has 0 aliphatic rings. The van der Waals surface area contributed by atoms with Gasteiger partial charge in [0.1, 0.15) is 5.82 Å². The molecule has 0 bridgehead atoms. The number of amides is 1. The van der Waals surface area contributed by atoms with Crippen LogP contribution >= 0.6 is 0 Å². The van der Waals surface area contributed by atoms with Crippen molar-refractivity contribution < 1.29 is 4.79 Å². The van der Waals surface area contributed by atoms with Gasteiger partial charge in [-0.1, -0.05) is 19.9 Å². The first-order valence-corrected chi connectivity index (χ1v) is 10.6. The lowest BCUT2D eigenvalue weighted by molar-refractivity contribution is 0.0939. The molecular formula is C25H26N6O. The minimum atomic E-state index is -0.278. The highest BCUT2D eigenvalue weighted by atomic mass is 16.1. The summed E-state index contributed by atoms with van der Waals surface area (Å²) in [5.74, 6) is 0.975. The molecule has 4 aromatic rings. The second kappa shape index (κ2) is 9.09. The molecule has 0 aliphatic heterocycles. The quantitative estimate of drug-likeness (QED) is 0.485. The van der Waals surface area contributed by atoms with Crippen molar-refractivity contribution in [2.45, 2.75) is 39.7 Å². The Morgan fingerprint density at radius 1 is 0.969 bits per heavy atom. The van der Waals surface area contributed by atoms with Gasteiger partial charge in [-0.2, -0.15) is 0 Å². The van der Waals surface area contributed by atoms with E-state index in [0.717, 1.165) is 28.3 Å². The smallest absolute Gasteiger partial charge is 0.251 e. The van der Waals surface area contributed by atoms with Gasteiger partial charge in [0.15, 0.2) is 0 Å². The lowest BCUT2D eigenvalue weighted by Crippen LogP contribution is -2.27. The fourth-order valence-corrected chi connectivity index (χ4v) is 3.52. The molecule has 3 aromatic heterocycles. The number of rotatable bonds is 6. The summed E-state index contributed by atoms with van der Waals surface area (Å²) < 4.78 is 2.02. The van der Waals surface area contributed by atoms with Gasteiger partial charge in [-0.3, -0.25) is 19.7 Å². The van der Waals surface area contributed by atoms with E-state index in [1.807, 2.05) is 61.1 Å². The Hall–Kier alpha value is -3.87. The molecule has 3 heterocycles. The highest BCUT2D eigenvalue weighted by Crippen LogP contribution is 2.26. The Bertz CT molecular complexity index is 1210. The van der Waals surface area contributed by atoms with Crippen molar-refractivity contribution in [1.29, 1.82) is 0 Å². The first kappa shape index (κ1) is 21.4. The molecule has 7 heteroatoms. The van der Waals surface area contributed by atoms with E-state index in [1.165, 1.54) is 0 Å². The van der Waals surface area contributed by atoms with Gasteiger partial charge in [0, 0.05) is 53.7 Å². The second-order valence-corrected chi connectivity index (χ2v) is 8.12. The highest BCUT2D eigenvalue weighted by molar-refractivity contribution is 5.96. The van der Waals surface area contributed by atoms with Gasteiger partial charge in [-0.05, 0) is 43.7 Å². The lowest BCUT2D eigenvalue weighted by Gasteiger charge is -2.16. The van der Waals surface area contributed by atoms with Crippen molar-refractivity contribution in [2.24, 2.45) is 0 Å². The molecule has 0 spiro atoms. The van der Waals surface area contributed by atoms with Crippen LogP contribution in [0.2, 0.25) is 0 Å². The maximum absolute atomic E-state index is 13.2. The third-order valence-corrected chi connectivity index (χ3v) is 5.23. The number of nitrogens with zero attached hydrogens (tertiary/aromatic N) is 5. The van der Waals surface area contributed by atoms with Crippen molar-refractivity contribution >= 4 is 5.91 Å². The van der Waals surface area contributed by atoms with Gasteiger partial charge in [0.05, 0.1) is 23.6 Å². The van der Waals surface area contributed by atoms with Crippen molar-refractivity contribution in [3.05, 3.63) is 90.2 Å². The number of aryl methyl sites for hydroxylation is 1. The summed E-state index contributed by atoms with van der Waals surface area (Å²) in [6.45, 7) is 8.09. The first-order chi connectivity index (χ1) is 15.4. The predicted octanol–water partition coefficient (Wildman–Crippen LogP) is 4.65. The summed E-state index contributed by atoms with van der Waals surface area (Å²) in [4.78, 5) is 30.6. The van der Waals surface area contributed by atoms with Crippen LogP contribution < -0.4 is 5.32 Å². The SMILES string of the molecule is Cc1ccc(-c2cc(C(=O)NC(C)c3cnccn3)cc(-n3ccnc3C(C)C)c2)nc1. The fraction of sp³-hybridized carbons (Fsp3) is 0.240. The van der Waals surface area contributed by atoms with E-state index in [2.05, 4.69) is 39.1 Å². The average Bonchev–Trinajstić information content (AvgIpc) is 3.30. The molecule has 1 aromatic carbocycles. The molecule has 1 amide bonds. The van der Waals surface area contributed by atoms with Crippen molar-refractivity contribution in [3.8, 4) is 16.9 Å². The van der Waals surface area contributed by atoms with Gasteiger partial charge in [0.2, 0.25) is 0 Å². The number of carbonyl (C=O) groups excluding carboxylic acids is 1. The van der Waals surface area contributed by atoms with Crippen LogP contribution in [0.5, 0.6) is 0 Å². The molecule has 7 nitrogen and oxygen atoms in total. The number of hydrogen-bond donors (Lipinski definition) is 1. The maximum Gasteiger partial charge on any atom is 0.251 e. The zero-order chi connectivity index (χ0) is 22.7. The number of aromatic nitrogens is 5. The van der Waals surface area contributed by atoms with E-state index < -0.39 is 0 Å². The second-order valence-electron chi connectivity index (χ2n) is 8.12. The van der Waals surface area contributed by atoms with E-state index >= 15 is 0 Å². The standard InChI is InChI=1S/C25H26N6O/c1-16(2)24-28-9-10-31(24)21-12-19(22-6-5-17(3)14-29-22)11-20(13-21)25(32)30-18(4)23-15-26-7-8-27-23/h5-16,18H,1-4H3,(H,30,32). The molecule has 0 saturated carbocycles. The Labute approximate surface area is 187 Å². The molecular weight excluding hydrogens is 400 g/mol. The molecule has 1 atom stereocenters. The van der Waals surface area contributed by atoms with E-state index in [0.29, 0.717) is 11.3 Å². The van der Waals surface area contributed by atoms with Gasteiger partial charge in [-0.15, -0.1) is 0 Å². The lowest BCUT2D eigenvalue weighted by atomic mass is 10.0. The monoisotopic (exact) mass is 426 g/mol. The third kappa shape index (κ3) is 4.56. The molecule has 0 fully saturated rings. The van der Waals surface area contributed by atoms with Crippen LogP contribution in [0.4, 0.5) is 0 Å². The number of carbonyl (C=O) groups is 1. The van der Waals surface area contributed by atoms with Gasteiger partial charge < -0.3 is 9.88 Å². The number of hydrogen-bond acceptors (Lipinski definition) is 5. The summed E-state index contributed by atoms with van der Waals surface area (Å²) >= 11 is 0. The molecule has 1 N–H and O–H groups in total. The molecule has 0 radical (unpaired) electrons. The normalized spacial score (nSPS) is 12.0. The summed E-state index contributed by atoms with van der Waals surface area (Å²) in [5, 5.41) is 3.02. The Morgan fingerprint density at radius 3 is 2.50 bits per heavy atom. The van der Waals surface area contributed by atoms with Crippen molar-refractivity contribution in [3.63, 3.8) is 0 Å². The van der Waals surface area contributed by atoms with Crippen LogP contribution in [0, 0.1) is 6.92 Å². The molecule has 1 unspecified atom stereocenters. The van der Waals surface area contributed by atoms with Gasteiger partial charge in [-0.25, -0.2) is 4.98 Å². The van der Waals surface area contributed by atoms with Crippen LogP contribution in [0.25, 0.3) is 16.9 Å². The van der Waals surface area contributed by atoms with E-state index in [4.69, 9.17) is 0 Å². The summed E-state index contributed by atoms with van der Waals surface area (Å²) in [6, 6.07) is 9.49. The van der Waals surface area contributed by atoms with Crippen LogP contribution in [0.15, 0.2) is 67.5 Å². The minimum absolute atomic E-state index is 0.190. The largest absolute Gasteiger partial charge is 0.344 e. The summed E-state index contributed by atoms with van der Waals surface area (Å²) in [6.07, 6.45) is 10.4. The molecule has 0 aliphatic carbocycles. The van der Waals surface area contributed by atoms with E-state index in [-0.39, 0.29) is 17.9 Å². The highest BCUT2D eigenvalue weighted by Gasteiger charge is 2.17. The Kier molecular flexibility index (Phi) is 6.07. The molecule has 32 heavy (non-hydrogen) atoms. The summed E-state index contributed by atoms with van der Waals surface area (Å²) in [5.41, 5.74) is 4.86. The number of pyridine rings is 1. The van der Waals surface area contributed by atoms with Crippen molar-refractivity contribution in [1.82, 2.24) is 29.8 Å². The average molecular weight is 427 g/mol. The van der Waals surface area contributed by atoms with Crippen molar-refractivity contribution in [2.75, 3.05) is 0 Å². The van der Waals surface area contributed by atoms with E-state index in [1.54, 1.807) is 24.8 Å². The Morgan fingerprint density at radius 2 is 1.81 bits per heavy atom. The number of benzene rings is 1. The maximum atomic E-state index is 13.2. The van der Waals surface area contributed by atoms with Gasteiger partial charge >= 0.3 is 0 Å². The number of nitrogens with one attached hydrogen (secondary N) is 1. The molecule has 4 rings (SSSR count). The molecule has 0 saturated heterocycles. The fourth-order valence-electron chi connectivity index (χ4n) is 3.52. The first-order valence-electron chi connectivity index (χ1n) is 10.6. The van der Waals surface area contributed by atoms with Gasteiger partial charge in [0.25, 0.3) is 5.91 Å². The summed E-state index contributed by atoms with van der Waals surface area (Å²) in [7, 11) is 0. The topological polar surface area (TPSA) is 85.6 Å². The van der Waals surface area contributed by atoms with Crippen LogP contribution in [0.3, 0.4) is 0 Å². The molecule has 162 valence electrons. The van der Waals surface area contributed by atoms with Crippen LogP contribution in [-0.2, 0) is 0 Å². The minimum Gasteiger partial charge on any atom is -0.344 e. The predicted molar refractivity (Wildman–Crippen MR) is 124 cm³/mol. The zero-order valence-corrected chi connectivity index (χ0v) is 18.6. The van der Waals surface area contributed by atoms with E-state index in [9.17, 15) is 4.79 Å². The zero-order valence-electron chi connectivity index (χ0n) is 18.6. The van der Waals surface area contributed by atoms with Crippen LogP contribution in [-0.4, -0.2) is 30.4 Å². The Balaban J connectivity index is 1.75. The number of imidazole rings is 1.